The molecule has 5 heteroatoms. The Morgan fingerprint density at radius 2 is 2.14 bits per heavy atom. The number of hydrogen-bond donors (Lipinski definition) is 1. The zero-order chi connectivity index (χ0) is 15.0. The first-order chi connectivity index (χ1) is 10.0. The van der Waals surface area contributed by atoms with Crippen molar-refractivity contribution in [1.82, 2.24) is 0 Å². The van der Waals surface area contributed by atoms with Crippen LogP contribution in [0.1, 0.15) is 20.9 Å². The highest BCUT2D eigenvalue weighted by Gasteiger charge is 2.21. The van der Waals surface area contributed by atoms with Crippen LogP contribution in [-0.2, 0) is 10.5 Å². The van der Waals surface area contributed by atoms with Crippen LogP contribution in [0.5, 0.6) is 0 Å². The van der Waals surface area contributed by atoms with Crippen molar-refractivity contribution in [1.29, 1.82) is 0 Å². The Hall–Kier alpha value is -1.23. The molecule has 0 bridgehead atoms. The molecule has 0 fully saturated rings. The van der Waals surface area contributed by atoms with E-state index in [4.69, 9.17) is 11.6 Å². The lowest BCUT2D eigenvalue weighted by atomic mass is 10.1. The van der Waals surface area contributed by atoms with Gasteiger partial charge in [-0.3, -0.25) is 4.79 Å². The van der Waals surface area contributed by atoms with Gasteiger partial charge in [0.15, 0.2) is 0 Å². The lowest BCUT2D eigenvalue weighted by Gasteiger charge is -2.14. The summed E-state index contributed by atoms with van der Waals surface area (Å²) in [5.74, 6) is 0.789. The molecule has 1 N–H and O–H groups in total. The van der Waals surface area contributed by atoms with Crippen LogP contribution in [0.4, 0.5) is 5.69 Å². The molecule has 1 aliphatic rings. The van der Waals surface area contributed by atoms with Crippen molar-refractivity contribution in [3.63, 3.8) is 0 Å². The first-order valence-corrected chi connectivity index (χ1v) is 8.73. The molecule has 0 aliphatic carbocycles. The monoisotopic (exact) mass is 335 g/mol. The van der Waals surface area contributed by atoms with Gasteiger partial charge in [-0.1, -0.05) is 17.7 Å². The van der Waals surface area contributed by atoms with Gasteiger partial charge in [-0.25, -0.2) is 0 Å². The van der Waals surface area contributed by atoms with Crippen molar-refractivity contribution in [2.75, 3.05) is 5.32 Å². The number of aryl methyl sites for hydroxylation is 1. The minimum atomic E-state index is -0.0726. The quantitative estimate of drug-likeness (QED) is 0.812. The second-order valence-electron chi connectivity index (χ2n) is 4.89. The summed E-state index contributed by atoms with van der Waals surface area (Å²) in [7, 11) is 0. The van der Waals surface area contributed by atoms with E-state index in [-0.39, 0.29) is 5.91 Å². The Kier molecular flexibility index (Phi) is 4.11. The number of benzene rings is 1. The molecule has 0 spiro atoms. The van der Waals surface area contributed by atoms with Crippen LogP contribution >= 0.6 is 34.7 Å². The van der Waals surface area contributed by atoms with Gasteiger partial charge in [-0.05, 0) is 49.2 Å². The SMILES string of the molecule is Cc1sc2c(c1C)CSC(C(=O)Nc1cccc(Cl)c1)=C2. The summed E-state index contributed by atoms with van der Waals surface area (Å²) in [5, 5.41) is 3.51. The number of halogens is 1. The molecule has 1 aromatic carbocycles. The van der Waals surface area contributed by atoms with Crippen LogP contribution in [0.25, 0.3) is 6.08 Å². The highest BCUT2D eigenvalue weighted by atomic mass is 35.5. The average Bonchev–Trinajstić information content (AvgIpc) is 2.73. The van der Waals surface area contributed by atoms with Crippen LogP contribution in [0.3, 0.4) is 0 Å². The molecule has 0 radical (unpaired) electrons. The molecule has 21 heavy (non-hydrogen) atoms. The second-order valence-corrected chi connectivity index (χ2v) is 7.60. The fourth-order valence-corrected chi connectivity index (χ4v) is 4.74. The van der Waals surface area contributed by atoms with Crippen molar-refractivity contribution in [2.45, 2.75) is 19.6 Å². The van der Waals surface area contributed by atoms with Crippen molar-refractivity contribution < 1.29 is 4.79 Å². The molecule has 2 heterocycles. The summed E-state index contributed by atoms with van der Waals surface area (Å²) in [4.78, 5) is 15.6. The van der Waals surface area contributed by atoms with E-state index in [9.17, 15) is 4.79 Å². The molecule has 1 amide bonds. The zero-order valence-electron chi connectivity index (χ0n) is 11.7. The molecule has 3 rings (SSSR count). The Labute approximate surface area is 137 Å². The molecule has 1 aromatic heterocycles. The number of carbonyl (C=O) groups is 1. The standard InChI is InChI=1S/C16H14ClNOS2/c1-9-10(2)21-14-7-15(20-8-13(9)14)16(19)18-12-5-3-4-11(17)6-12/h3-7H,8H2,1-2H3,(H,18,19). The van der Waals surface area contributed by atoms with E-state index in [1.54, 1.807) is 35.2 Å². The van der Waals surface area contributed by atoms with E-state index in [1.807, 2.05) is 18.2 Å². The van der Waals surface area contributed by atoms with E-state index >= 15 is 0 Å². The van der Waals surface area contributed by atoms with Crippen molar-refractivity contribution >= 4 is 52.4 Å². The molecule has 108 valence electrons. The largest absolute Gasteiger partial charge is 0.321 e. The first kappa shape index (κ1) is 14.7. The number of thiophene rings is 1. The molecule has 0 saturated heterocycles. The molecule has 0 atom stereocenters. The summed E-state index contributed by atoms with van der Waals surface area (Å²) >= 11 is 9.28. The first-order valence-electron chi connectivity index (χ1n) is 6.55. The van der Waals surface area contributed by atoms with Crippen LogP contribution in [0.2, 0.25) is 5.02 Å². The van der Waals surface area contributed by atoms with E-state index in [2.05, 4.69) is 19.2 Å². The van der Waals surface area contributed by atoms with Crippen LogP contribution < -0.4 is 5.32 Å². The minimum Gasteiger partial charge on any atom is -0.321 e. The van der Waals surface area contributed by atoms with Gasteiger partial charge >= 0.3 is 0 Å². The summed E-state index contributed by atoms with van der Waals surface area (Å²) in [6.07, 6.45) is 1.99. The predicted molar refractivity (Wildman–Crippen MR) is 93.1 cm³/mol. The van der Waals surface area contributed by atoms with E-state index in [1.165, 1.54) is 20.9 Å². The van der Waals surface area contributed by atoms with Gasteiger partial charge in [-0.2, -0.15) is 0 Å². The average molecular weight is 336 g/mol. The number of nitrogens with one attached hydrogen (secondary N) is 1. The van der Waals surface area contributed by atoms with Crippen molar-refractivity contribution in [3.05, 3.63) is 55.1 Å². The highest BCUT2D eigenvalue weighted by Crippen LogP contribution is 2.39. The van der Waals surface area contributed by atoms with Crippen LogP contribution in [-0.4, -0.2) is 5.91 Å². The number of amides is 1. The van der Waals surface area contributed by atoms with Crippen LogP contribution in [0, 0.1) is 13.8 Å². The summed E-state index contributed by atoms with van der Waals surface area (Å²) in [6, 6.07) is 7.20. The Bertz CT molecular complexity index is 749. The number of rotatable bonds is 2. The fourth-order valence-electron chi connectivity index (χ4n) is 2.20. The number of fused-ring (bicyclic) bond motifs is 1. The third-order valence-electron chi connectivity index (χ3n) is 3.48. The maximum absolute atomic E-state index is 12.3. The van der Waals surface area contributed by atoms with Gasteiger partial charge in [0.1, 0.15) is 0 Å². The Morgan fingerprint density at radius 3 is 2.90 bits per heavy atom. The normalized spacial score (nSPS) is 13.6. The van der Waals surface area contributed by atoms with Gasteiger partial charge in [0.25, 0.3) is 5.91 Å². The lowest BCUT2D eigenvalue weighted by molar-refractivity contribution is -0.112. The zero-order valence-corrected chi connectivity index (χ0v) is 14.1. The van der Waals surface area contributed by atoms with Gasteiger partial charge < -0.3 is 5.32 Å². The number of thioether (sulfide) groups is 1. The molecular weight excluding hydrogens is 322 g/mol. The maximum atomic E-state index is 12.3. The topological polar surface area (TPSA) is 29.1 Å². The van der Waals surface area contributed by atoms with Crippen molar-refractivity contribution in [3.8, 4) is 0 Å². The van der Waals surface area contributed by atoms with Gasteiger partial charge in [0, 0.05) is 26.2 Å². The third-order valence-corrected chi connectivity index (χ3v) is 5.96. The van der Waals surface area contributed by atoms with E-state index in [0.717, 1.165) is 16.3 Å². The summed E-state index contributed by atoms with van der Waals surface area (Å²) in [6.45, 7) is 4.28. The molecule has 0 saturated carbocycles. The van der Waals surface area contributed by atoms with Gasteiger partial charge in [0.05, 0.1) is 4.91 Å². The van der Waals surface area contributed by atoms with Crippen LogP contribution in [0.15, 0.2) is 29.2 Å². The highest BCUT2D eigenvalue weighted by molar-refractivity contribution is 8.03. The molecule has 1 aliphatic heterocycles. The Morgan fingerprint density at radius 1 is 1.33 bits per heavy atom. The van der Waals surface area contributed by atoms with Gasteiger partial charge in [-0.15, -0.1) is 23.1 Å². The predicted octanol–water partition coefficient (Wildman–Crippen LogP) is 5.24. The molecule has 0 unspecified atom stereocenters. The summed E-state index contributed by atoms with van der Waals surface area (Å²) in [5.41, 5.74) is 3.44. The molecular formula is C16H14ClNOS2. The lowest BCUT2D eigenvalue weighted by Crippen LogP contribution is -2.14. The molecule has 2 aromatic rings. The fraction of sp³-hybridized carbons (Fsp3) is 0.188. The number of hydrogen-bond acceptors (Lipinski definition) is 3. The van der Waals surface area contributed by atoms with Gasteiger partial charge in [0.2, 0.25) is 0 Å². The maximum Gasteiger partial charge on any atom is 0.262 e. The van der Waals surface area contributed by atoms with E-state index < -0.39 is 0 Å². The van der Waals surface area contributed by atoms with Crippen molar-refractivity contribution in [2.24, 2.45) is 0 Å². The second kappa shape index (κ2) is 5.87. The number of anilines is 1. The third kappa shape index (κ3) is 3.03. The number of carbonyl (C=O) groups excluding carboxylic acids is 1. The smallest absolute Gasteiger partial charge is 0.262 e. The minimum absolute atomic E-state index is 0.0726. The summed E-state index contributed by atoms with van der Waals surface area (Å²) < 4.78 is 0. The molecule has 2 nitrogen and oxygen atoms in total. The Balaban J connectivity index is 1.83. The van der Waals surface area contributed by atoms with E-state index in [0.29, 0.717) is 5.02 Å².